The number of fused-ring (bicyclic) bond motifs is 1. The highest BCUT2D eigenvalue weighted by Crippen LogP contribution is 2.44. The van der Waals surface area contributed by atoms with E-state index in [1.54, 1.807) is 35.8 Å². The van der Waals surface area contributed by atoms with Crippen molar-refractivity contribution < 1.29 is 23.7 Å². The molecule has 1 aliphatic heterocycles. The predicted octanol–water partition coefficient (Wildman–Crippen LogP) is 3.46. The smallest absolute Gasteiger partial charge is 0.259 e. The summed E-state index contributed by atoms with van der Waals surface area (Å²) in [6.45, 7) is 2.02. The number of rotatable bonds is 7. The van der Waals surface area contributed by atoms with Gasteiger partial charge in [-0.2, -0.15) is 5.26 Å². The maximum Gasteiger partial charge on any atom is 0.259 e. The maximum absolute atomic E-state index is 14.0. The fraction of sp³-hybridized carbons (Fsp3) is 0.259. The lowest BCUT2D eigenvalue weighted by Gasteiger charge is -2.28. The molecule has 0 fully saturated rings. The highest BCUT2D eigenvalue weighted by Gasteiger charge is 2.36. The minimum Gasteiger partial charge on any atom is -0.496 e. The van der Waals surface area contributed by atoms with Gasteiger partial charge in [0, 0.05) is 17.3 Å². The Kier molecular flexibility index (Phi) is 6.79. The lowest BCUT2D eigenvalue weighted by molar-refractivity contribution is 0.323. The zero-order valence-electron chi connectivity index (χ0n) is 20.7. The Morgan fingerprint density at radius 3 is 2.22 bits per heavy atom. The van der Waals surface area contributed by atoms with E-state index in [0.29, 0.717) is 45.6 Å². The van der Waals surface area contributed by atoms with Crippen LogP contribution in [0.1, 0.15) is 28.3 Å². The maximum atomic E-state index is 14.0. The van der Waals surface area contributed by atoms with E-state index in [1.807, 2.05) is 18.2 Å². The van der Waals surface area contributed by atoms with Gasteiger partial charge in [-0.1, -0.05) is 18.2 Å². The summed E-state index contributed by atoms with van der Waals surface area (Å²) >= 11 is 0. The molecule has 1 aliphatic rings. The number of hydrogen-bond acceptors (Lipinski definition) is 8. The van der Waals surface area contributed by atoms with Gasteiger partial charge in [0.2, 0.25) is 11.6 Å². The summed E-state index contributed by atoms with van der Waals surface area (Å²) in [6.07, 6.45) is 0. The van der Waals surface area contributed by atoms with Crippen molar-refractivity contribution in [1.29, 1.82) is 5.26 Å². The highest BCUT2D eigenvalue weighted by atomic mass is 16.5. The average Bonchev–Trinajstić information content (AvgIpc) is 2.89. The molecule has 2 heterocycles. The Morgan fingerprint density at radius 2 is 1.64 bits per heavy atom. The third-order valence-electron chi connectivity index (χ3n) is 6.21. The molecule has 0 amide bonds. The van der Waals surface area contributed by atoms with Gasteiger partial charge in [-0.25, -0.2) is 0 Å². The van der Waals surface area contributed by atoms with Crippen molar-refractivity contribution in [2.45, 2.75) is 19.4 Å². The summed E-state index contributed by atoms with van der Waals surface area (Å²) in [4.78, 5) is 14.0. The normalized spacial score (nSPS) is 14.4. The number of ether oxygens (including phenoxy) is 5. The number of methoxy groups -OCH3 is 4. The summed E-state index contributed by atoms with van der Waals surface area (Å²) in [5.41, 5.74) is 8.32. The van der Waals surface area contributed by atoms with E-state index < -0.39 is 5.92 Å². The van der Waals surface area contributed by atoms with Crippen LogP contribution >= 0.6 is 0 Å². The number of aromatic nitrogens is 1. The summed E-state index contributed by atoms with van der Waals surface area (Å²) in [7, 11) is 6.14. The van der Waals surface area contributed by atoms with Crippen LogP contribution in [0.5, 0.6) is 28.7 Å². The Hall–Kier alpha value is -4.58. The fourth-order valence-electron chi connectivity index (χ4n) is 4.51. The van der Waals surface area contributed by atoms with Crippen molar-refractivity contribution in [2.75, 3.05) is 28.4 Å². The standard InChI is InChI=1S/C27H27N3O6/c1-15-10-20-24(23(18(13-28)26(29)36-20)17-8-6-7-9-19(17)32-2)27(31)30(15)14-16-11-21(33-3)25(35-5)22(12-16)34-4/h6-12,23H,14,29H2,1-5H3. The first-order chi connectivity index (χ1) is 17.4. The Bertz CT molecular complexity index is 1430. The van der Waals surface area contributed by atoms with Gasteiger partial charge in [-0.3, -0.25) is 4.79 Å². The molecule has 4 rings (SSSR count). The molecule has 186 valence electrons. The molecule has 0 radical (unpaired) electrons. The zero-order chi connectivity index (χ0) is 26.0. The number of para-hydroxylation sites is 1. The lowest BCUT2D eigenvalue weighted by Crippen LogP contribution is -2.33. The molecule has 0 spiro atoms. The first-order valence-corrected chi connectivity index (χ1v) is 11.1. The number of hydrogen-bond donors (Lipinski definition) is 1. The van der Waals surface area contributed by atoms with Crippen molar-refractivity contribution in [1.82, 2.24) is 4.57 Å². The molecule has 0 aliphatic carbocycles. The third kappa shape index (κ3) is 4.07. The molecule has 1 unspecified atom stereocenters. The number of pyridine rings is 1. The van der Waals surface area contributed by atoms with Crippen LogP contribution in [0, 0.1) is 18.3 Å². The highest BCUT2D eigenvalue weighted by molar-refractivity contribution is 5.58. The molecule has 3 aromatic rings. The summed E-state index contributed by atoms with van der Waals surface area (Å²) in [5.74, 6) is 1.47. The van der Waals surface area contributed by atoms with Gasteiger partial charge in [0.1, 0.15) is 23.1 Å². The number of benzene rings is 2. The largest absolute Gasteiger partial charge is 0.496 e. The quantitative estimate of drug-likeness (QED) is 0.536. The van der Waals surface area contributed by atoms with E-state index in [0.717, 1.165) is 5.56 Å². The Morgan fingerprint density at radius 1 is 1.00 bits per heavy atom. The van der Waals surface area contributed by atoms with Crippen molar-refractivity contribution in [2.24, 2.45) is 5.73 Å². The molecule has 2 aromatic carbocycles. The van der Waals surface area contributed by atoms with Crippen molar-refractivity contribution in [3.05, 3.63) is 86.7 Å². The second-order valence-electron chi connectivity index (χ2n) is 8.16. The molecular formula is C27H27N3O6. The van der Waals surface area contributed by atoms with Gasteiger partial charge in [-0.15, -0.1) is 0 Å². The molecule has 9 nitrogen and oxygen atoms in total. The first-order valence-electron chi connectivity index (χ1n) is 11.1. The van der Waals surface area contributed by atoms with Gasteiger partial charge in [0.15, 0.2) is 11.5 Å². The van der Waals surface area contributed by atoms with Gasteiger partial charge in [-0.05, 0) is 30.7 Å². The molecule has 36 heavy (non-hydrogen) atoms. The Labute approximate surface area is 208 Å². The van der Waals surface area contributed by atoms with E-state index in [-0.39, 0.29) is 23.6 Å². The van der Waals surface area contributed by atoms with Crippen LogP contribution in [0.15, 0.2) is 58.7 Å². The van der Waals surface area contributed by atoms with Crippen LogP contribution in [-0.2, 0) is 6.54 Å². The fourth-order valence-corrected chi connectivity index (χ4v) is 4.51. The number of nitriles is 1. The van der Waals surface area contributed by atoms with Crippen LogP contribution in [0.4, 0.5) is 0 Å². The van der Waals surface area contributed by atoms with Crippen LogP contribution < -0.4 is 35.0 Å². The van der Waals surface area contributed by atoms with Crippen molar-refractivity contribution >= 4 is 0 Å². The zero-order valence-corrected chi connectivity index (χ0v) is 20.7. The number of aryl methyl sites for hydroxylation is 1. The Balaban J connectivity index is 1.92. The minimum atomic E-state index is -0.755. The van der Waals surface area contributed by atoms with Gasteiger partial charge >= 0.3 is 0 Å². The van der Waals surface area contributed by atoms with Gasteiger partial charge in [0.25, 0.3) is 5.56 Å². The number of nitrogens with zero attached hydrogens (tertiary/aromatic N) is 2. The van der Waals surface area contributed by atoms with Gasteiger partial charge in [0.05, 0.1) is 46.5 Å². The van der Waals surface area contributed by atoms with Crippen LogP contribution in [0.2, 0.25) is 0 Å². The van der Waals surface area contributed by atoms with Crippen molar-refractivity contribution in [3.8, 4) is 34.8 Å². The van der Waals surface area contributed by atoms with Crippen LogP contribution in [0.3, 0.4) is 0 Å². The van der Waals surface area contributed by atoms with Crippen LogP contribution in [-0.4, -0.2) is 33.0 Å². The summed E-state index contributed by atoms with van der Waals surface area (Å²) in [5, 5.41) is 9.94. The molecular weight excluding hydrogens is 462 g/mol. The number of allylic oxidation sites excluding steroid dienone is 1. The second-order valence-corrected chi connectivity index (χ2v) is 8.16. The van der Waals surface area contributed by atoms with Gasteiger partial charge < -0.3 is 34.0 Å². The molecule has 0 saturated carbocycles. The van der Waals surface area contributed by atoms with Crippen molar-refractivity contribution in [3.63, 3.8) is 0 Å². The van der Waals surface area contributed by atoms with E-state index in [2.05, 4.69) is 6.07 Å². The summed E-state index contributed by atoms with van der Waals surface area (Å²) in [6, 6.07) is 14.7. The SMILES string of the molecule is COc1ccccc1C1C(C#N)=C(N)Oc2cc(C)n(Cc3cc(OC)c(OC)c(OC)c3)c(=O)c21. The van der Waals surface area contributed by atoms with E-state index in [4.69, 9.17) is 29.4 Å². The monoisotopic (exact) mass is 489 g/mol. The van der Waals surface area contributed by atoms with E-state index >= 15 is 0 Å². The number of nitrogens with two attached hydrogens (primary N) is 1. The molecule has 9 heteroatoms. The minimum absolute atomic E-state index is 0.0397. The molecule has 0 bridgehead atoms. The average molecular weight is 490 g/mol. The predicted molar refractivity (Wildman–Crippen MR) is 133 cm³/mol. The van der Waals surface area contributed by atoms with E-state index in [1.165, 1.54) is 28.4 Å². The third-order valence-corrected chi connectivity index (χ3v) is 6.21. The van der Waals surface area contributed by atoms with E-state index in [9.17, 15) is 10.1 Å². The lowest BCUT2D eigenvalue weighted by atomic mass is 9.83. The molecule has 1 atom stereocenters. The summed E-state index contributed by atoms with van der Waals surface area (Å²) < 4.78 is 29.3. The molecule has 1 aromatic heterocycles. The molecule has 0 saturated heterocycles. The topological polar surface area (TPSA) is 118 Å². The second kappa shape index (κ2) is 9.96. The van der Waals surface area contributed by atoms with Crippen LogP contribution in [0.25, 0.3) is 0 Å². The first kappa shape index (κ1) is 24.5. The molecule has 2 N–H and O–H groups in total.